The molecule has 0 radical (unpaired) electrons. The minimum absolute atomic E-state index is 0.0212. The molecule has 2 atom stereocenters. The summed E-state index contributed by atoms with van der Waals surface area (Å²) in [6.07, 6.45) is 0.257. The number of likely N-dealkylation sites (tertiary alicyclic amines) is 1. The minimum Gasteiger partial charge on any atom is -0.394 e. The van der Waals surface area contributed by atoms with Crippen molar-refractivity contribution in [2.45, 2.75) is 19.4 Å². The molecule has 1 aromatic rings. The van der Waals surface area contributed by atoms with E-state index in [1.807, 2.05) is 37.3 Å². The van der Waals surface area contributed by atoms with Gasteiger partial charge in [-0.1, -0.05) is 30.3 Å². The topological polar surface area (TPSA) is 69.6 Å². The molecule has 0 aliphatic carbocycles. The molecule has 1 aliphatic heterocycles. The molecule has 1 aromatic carbocycles. The summed E-state index contributed by atoms with van der Waals surface area (Å²) >= 11 is 0. The van der Waals surface area contributed by atoms with E-state index in [4.69, 9.17) is 0 Å². The Balaban J connectivity index is 1.99. The van der Waals surface area contributed by atoms with Crippen molar-refractivity contribution in [3.63, 3.8) is 0 Å². The molecule has 0 bridgehead atoms. The van der Waals surface area contributed by atoms with Crippen LogP contribution in [0.15, 0.2) is 30.3 Å². The van der Waals surface area contributed by atoms with Gasteiger partial charge in [0, 0.05) is 19.5 Å². The molecule has 0 saturated carbocycles. The quantitative estimate of drug-likeness (QED) is 0.832. The Morgan fingerprint density at radius 1 is 1.45 bits per heavy atom. The fourth-order valence-electron chi connectivity index (χ4n) is 2.46. The van der Waals surface area contributed by atoms with Crippen molar-refractivity contribution < 1.29 is 14.7 Å². The summed E-state index contributed by atoms with van der Waals surface area (Å²) < 4.78 is 0. The first-order valence-electron chi connectivity index (χ1n) is 6.89. The van der Waals surface area contributed by atoms with E-state index >= 15 is 0 Å². The molecule has 5 heteroatoms. The zero-order valence-electron chi connectivity index (χ0n) is 11.6. The van der Waals surface area contributed by atoms with Crippen molar-refractivity contribution in [3.8, 4) is 0 Å². The molecule has 0 spiro atoms. The highest BCUT2D eigenvalue weighted by atomic mass is 16.3. The standard InChI is InChI=1S/C15H20N2O3/c1-2-17-9-12(8-14(17)19)15(20)16-13(10-18)11-6-4-3-5-7-11/h3-7,12-13,18H,2,8-10H2,1H3,(H,16,20)/t12?,13-/m0/s1. The number of nitrogens with one attached hydrogen (secondary N) is 1. The van der Waals surface area contributed by atoms with Gasteiger partial charge in [-0.05, 0) is 12.5 Å². The second-order valence-corrected chi connectivity index (χ2v) is 4.99. The summed E-state index contributed by atoms with van der Waals surface area (Å²) in [6.45, 7) is 2.84. The molecule has 2 amide bonds. The van der Waals surface area contributed by atoms with E-state index in [0.29, 0.717) is 13.1 Å². The maximum absolute atomic E-state index is 12.2. The van der Waals surface area contributed by atoms with Crippen molar-refractivity contribution >= 4 is 11.8 Å². The number of hydrogen-bond donors (Lipinski definition) is 2. The summed E-state index contributed by atoms with van der Waals surface area (Å²) in [7, 11) is 0. The zero-order chi connectivity index (χ0) is 14.5. The van der Waals surface area contributed by atoms with Crippen LogP contribution in [0.25, 0.3) is 0 Å². The Morgan fingerprint density at radius 2 is 2.15 bits per heavy atom. The summed E-state index contributed by atoms with van der Waals surface area (Å²) in [5, 5.41) is 12.3. The molecule has 1 saturated heterocycles. The number of benzene rings is 1. The normalized spacial score (nSPS) is 20.0. The Morgan fingerprint density at radius 3 is 2.70 bits per heavy atom. The number of aliphatic hydroxyl groups excluding tert-OH is 1. The molecule has 0 aromatic heterocycles. The number of amides is 2. The van der Waals surface area contributed by atoms with E-state index in [1.165, 1.54) is 0 Å². The predicted molar refractivity (Wildman–Crippen MR) is 74.8 cm³/mol. The molecule has 1 heterocycles. The van der Waals surface area contributed by atoms with Crippen molar-refractivity contribution in [2.75, 3.05) is 19.7 Å². The molecule has 2 N–H and O–H groups in total. The van der Waals surface area contributed by atoms with Crippen LogP contribution in [0.3, 0.4) is 0 Å². The van der Waals surface area contributed by atoms with Crippen molar-refractivity contribution in [2.24, 2.45) is 5.92 Å². The van der Waals surface area contributed by atoms with Gasteiger partial charge in [-0.3, -0.25) is 9.59 Å². The maximum atomic E-state index is 12.2. The third kappa shape index (κ3) is 3.17. The highest BCUT2D eigenvalue weighted by Gasteiger charge is 2.34. The van der Waals surface area contributed by atoms with E-state index in [0.717, 1.165) is 5.56 Å². The molecular formula is C15H20N2O3. The lowest BCUT2D eigenvalue weighted by atomic mass is 10.0. The molecule has 1 fully saturated rings. The number of carbonyl (C=O) groups excluding carboxylic acids is 2. The summed E-state index contributed by atoms with van der Waals surface area (Å²) in [5.74, 6) is -0.467. The average Bonchev–Trinajstić information content (AvgIpc) is 2.86. The van der Waals surface area contributed by atoms with E-state index in [9.17, 15) is 14.7 Å². The van der Waals surface area contributed by atoms with Crippen molar-refractivity contribution in [3.05, 3.63) is 35.9 Å². The second-order valence-electron chi connectivity index (χ2n) is 4.99. The largest absolute Gasteiger partial charge is 0.394 e. The van der Waals surface area contributed by atoms with Gasteiger partial charge in [0.1, 0.15) is 0 Å². The van der Waals surface area contributed by atoms with Crippen molar-refractivity contribution in [1.29, 1.82) is 0 Å². The van der Waals surface area contributed by atoms with E-state index in [-0.39, 0.29) is 30.8 Å². The van der Waals surface area contributed by atoms with Gasteiger partial charge in [0.15, 0.2) is 0 Å². The number of carbonyl (C=O) groups is 2. The highest BCUT2D eigenvalue weighted by molar-refractivity contribution is 5.89. The number of hydrogen-bond acceptors (Lipinski definition) is 3. The van der Waals surface area contributed by atoms with Gasteiger partial charge in [-0.2, -0.15) is 0 Å². The van der Waals surface area contributed by atoms with Crippen molar-refractivity contribution in [1.82, 2.24) is 10.2 Å². The minimum atomic E-state index is -0.422. The fourth-order valence-corrected chi connectivity index (χ4v) is 2.46. The van der Waals surface area contributed by atoms with Crippen LogP contribution in [0.5, 0.6) is 0 Å². The first-order chi connectivity index (χ1) is 9.65. The Labute approximate surface area is 118 Å². The van der Waals surface area contributed by atoms with Crippen LogP contribution in [0.4, 0.5) is 0 Å². The first kappa shape index (κ1) is 14.5. The van der Waals surface area contributed by atoms with Gasteiger partial charge >= 0.3 is 0 Å². The third-order valence-corrected chi connectivity index (χ3v) is 3.67. The van der Waals surface area contributed by atoms with Crippen LogP contribution in [0.1, 0.15) is 24.9 Å². The van der Waals surface area contributed by atoms with Gasteiger partial charge in [0.2, 0.25) is 11.8 Å². The number of rotatable bonds is 5. The lowest BCUT2D eigenvalue weighted by Crippen LogP contribution is -2.36. The Hall–Kier alpha value is -1.88. The maximum Gasteiger partial charge on any atom is 0.225 e. The summed E-state index contributed by atoms with van der Waals surface area (Å²) in [5.41, 5.74) is 0.861. The highest BCUT2D eigenvalue weighted by Crippen LogP contribution is 2.19. The molecule has 5 nitrogen and oxygen atoms in total. The molecule has 108 valence electrons. The molecule has 2 rings (SSSR count). The van der Waals surface area contributed by atoms with Gasteiger partial charge in [-0.15, -0.1) is 0 Å². The lowest BCUT2D eigenvalue weighted by molar-refractivity contribution is -0.129. The van der Waals surface area contributed by atoms with Crippen LogP contribution in [0, 0.1) is 5.92 Å². The van der Waals surface area contributed by atoms with Crippen LogP contribution < -0.4 is 5.32 Å². The molecule has 1 unspecified atom stereocenters. The Bertz CT molecular complexity index is 475. The van der Waals surface area contributed by atoms with E-state index < -0.39 is 6.04 Å². The van der Waals surface area contributed by atoms with E-state index in [2.05, 4.69) is 5.32 Å². The van der Waals surface area contributed by atoms with Crippen LogP contribution in [0.2, 0.25) is 0 Å². The molecule has 20 heavy (non-hydrogen) atoms. The second kappa shape index (κ2) is 6.52. The summed E-state index contributed by atoms with van der Waals surface area (Å²) in [6, 6.07) is 8.91. The Kier molecular flexibility index (Phi) is 4.74. The lowest BCUT2D eigenvalue weighted by Gasteiger charge is -2.19. The van der Waals surface area contributed by atoms with Gasteiger partial charge in [0.25, 0.3) is 0 Å². The van der Waals surface area contributed by atoms with Crippen LogP contribution >= 0.6 is 0 Å². The first-order valence-corrected chi connectivity index (χ1v) is 6.89. The van der Waals surface area contributed by atoms with E-state index in [1.54, 1.807) is 4.90 Å². The fraction of sp³-hybridized carbons (Fsp3) is 0.467. The van der Waals surface area contributed by atoms with Gasteiger partial charge < -0.3 is 15.3 Å². The smallest absolute Gasteiger partial charge is 0.225 e. The average molecular weight is 276 g/mol. The third-order valence-electron chi connectivity index (χ3n) is 3.67. The van der Waals surface area contributed by atoms with Gasteiger partial charge in [-0.25, -0.2) is 0 Å². The van der Waals surface area contributed by atoms with Gasteiger partial charge in [0.05, 0.1) is 18.6 Å². The van der Waals surface area contributed by atoms with Crippen LogP contribution in [-0.2, 0) is 9.59 Å². The SMILES string of the molecule is CCN1CC(C(=O)N[C@@H](CO)c2ccccc2)CC1=O. The monoisotopic (exact) mass is 276 g/mol. The number of nitrogens with zero attached hydrogens (tertiary/aromatic N) is 1. The zero-order valence-corrected chi connectivity index (χ0v) is 11.6. The molecular weight excluding hydrogens is 256 g/mol. The summed E-state index contributed by atoms with van der Waals surface area (Å²) in [4.78, 5) is 25.5. The predicted octanol–water partition coefficient (Wildman–Crippen LogP) is 0.705. The molecule has 1 aliphatic rings. The van der Waals surface area contributed by atoms with Crippen LogP contribution in [-0.4, -0.2) is 41.5 Å². The number of aliphatic hydroxyl groups is 1.